The van der Waals surface area contributed by atoms with Crippen LogP contribution < -0.4 is 69.3 Å². The van der Waals surface area contributed by atoms with E-state index >= 15 is 0 Å². The van der Waals surface area contributed by atoms with E-state index in [0.717, 1.165) is 55.9 Å². The molecule has 0 unspecified atom stereocenters. The number of aliphatic hydroxyl groups excluding tert-OH is 1. The van der Waals surface area contributed by atoms with Crippen molar-refractivity contribution >= 4 is 143 Å². The summed E-state index contributed by atoms with van der Waals surface area (Å²) >= 11 is 9.46. The van der Waals surface area contributed by atoms with Crippen molar-refractivity contribution in [1.29, 1.82) is 0 Å². The summed E-state index contributed by atoms with van der Waals surface area (Å²) in [4.78, 5) is 74.0. The summed E-state index contributed by atoms with van der Waals surface area (Å²) < 4.78 is 9.19. The van der Waals surface area contributed by atoms with Gasteiger partial charge in [0.1, 0.15) is 6.61 Å². The molecule has 8 rings (SSSR count). The Balaban J connectivity index is 0.000000401. The maximum atomic E-state index is 11.8. The molecule has 0 saturated heterocycles. The van der Waals surface area contributed by atoms with Gasteiger partial charge >= 0.3 is 65.1 Å². The number of carboxylic acid groups (broad SMARTS) is 2. The summed E-state index contributed by atoms with van der Waals surface area (Å²) in [6.45, 7) is 4.24. The van der Waals surface area contributed by atoms with Crippen molar-refractivity contribution in [2.24, 2.45) is 0 Å². The van der Waals surface area contributed by atoms with Gasteiger partial charge in [0, 0.05) is 103 Å². The molecule has 0 atom stereocenters. The van der Waals surface area contributed by atoms with Gasteiger partial charge in [-0.25, -0.2) is 0 Å². The molecule has 0 radical (unpaired) electrons. The Morgan fingerprint density at radius 2 is 0.781 bits per heavy atom. The largest absolute Gasteiger partial charge is 1.00 e. The van der Waals surface area contributed by atoms with Crippen LogP contribution in [-0.4, -0.2) is 64.7 Å². The summed E-state index contributed by atoms with van der Waals surface area (Å²) in [5, 5.41) is 38.3. The molecular formula is C46H39BrNa2O11S4. The molecular weight excluding hydrogens is 983 g/mol. The molecule has 0 amide bonds. The molecule has 11 nitrogen and oxygen atoms in total. The second-order valence-corrected chi connectivity index (χ2v) is 16.7. The van der Waals surface area contributed by atoms with Gasteiger partial charge in [-0.2, -0.15) is 0 Å². The van der Waals surface area contributed by atoms with Crippen LogP contribution in [0.1, 0.15) is 69.1 Å². The molecule has 322 valence electrons. The van der Waals surface area contributed by atoms with Gasteiger partial charge in [-0.1, -0.05) is 88.7 Å². The first kappa shape index (κ1) is 58.3. The van der Waals surface area contributed by atoms with E-state index in [0.29, 0.717) is 16.5 Å². The first-order valence-corrected chi connectivity index (χ1v) is 22.8. The topological polar surface area (TPSA) is 195 Å². The normalized spacial score (nSPS) is 9.59. The van der Waals surface area contributed by atoms with Gasteiger partial charge in [0.15, 0.2) is 24.0 Å². The van der Waals surface area contributed by atoms with Gasteiger partial charge in [0.25, 0.3) is 0 Å². The quantitative estimate of drug-likeness (QED) is 0.102. The summed E-state index contributed by atoms with van der Waals surface area (Å²) in [5.41, 5.74) is 2.93. The number of alkyl halides is 1. The molecule has 0 bridgehead atoms. The van der Waals surface area contributed by atoms with E-state index in [1.807, 2.05) is 108 Å². The maximum absolute atomic E-state index is 11.8. The molecule has 1 N–H and O–H groups in total. The number of carboxylic acids is 2. The summed E-state index contributed by atoms with van der Waals surface area (Å²) in [6.07, 6.45) is 0. The van der Waals surface area contributed by atoms with Gasteiger partial charge < -0.3 is 29.6 Å². The van der Waals surface area contributed by atoms with E-state index < -0.39 is 24.5 Å². The SMILES string of the molecule is CC(=O)OCC(=O)c1csc2ccccc12.CC(=O)[O-].CC(=O)[O-].CC(=O)c1csc2ccccc12.O=C(CBr)c1csc2ccccc12.O=C(CO)c1csc2ccccc12.[Na+].[Na+]. The van der Waals surface area contributed by atoms with E-state index in [1.165, 1.54) is 39.0 Å². The minimum Gasteiger partial charge on any atom is -0.550 e. The number of halogens is 1. The maximum Gasteiger partial charge on any atom is 1.00 e. The molecule has 8 aromatic rings. The van der Waals surface area contributed by atoms with Gasteiger partial charge in [0.2, 0.25) is 5.78 Å². The molecule has 64 heavy (non-hydrogen) atoms. The first-order valence-electron chi connectivity index (χ1n) is 18.2. The van der Waals surface area contributed by atoms with Crippen LogP contribution in [-0.2, 0) is 19.1 Å². The van der Waals surface area contributed by atoms with Gasteiger partial charge in [-0.05, 0) is 45.0 Å². The average Bonchev–Trinajstić information content (AvgIpc) is 4.07. The Hall–Kier alpha value is -3.75. The van der Waals surface area contributed by atoms with E-state index in [4.69, 9.17) is 29.6 Å². The van der Waals surface area contributed by atoms with Crippen LogP contribution in [0.15, 0.2) is 119 Å². The number of thiophene rings is 4. The van der Waals surface area contributed by atoms with Crippen LogP contribution in [0, 0.1) is 0 Å². The molecule has 18 heteroatoms. The zero-order valence-electron chi connectivity index (χ0n) is 35.7. The Morgan fingerprint density at radius 1 is 0.500 bits per heavy atom. The van der Waals surface area contributed by atoms with E-state index in [9.17, 15) is 24.0 Å². The summed E-state index contributed by atoms with van der Waals surface area (Å²) in [7, 11) is 0. The van der Waals surface area contributed by atoms with Crippen molar-refractivity contribution in [2.75, 3.05) is 18.5 Å². The van der Waals surface area contributed by atoms with Crippen molar-refractivity contribution in [3.05, 3.63) is 141 Å². The Kier molecular flexibility index (Phi) is 27.7. The zero-order valence-corrected chi connectivity index (χ0v) is 44.6. The number of aliphatic hydroxyl groups is 1. The minimum atomic E-state index is -1.08. The standard InChI is InChI=1S/C12H10O3S.C10H7BrOS.C10H8O2S.C10H8OS.2C2H4O2.2Na/c1-8(13)15-6-11(14)10-7-16-12-5-3-2-4-9(10)12;2*11-5-9(12)8-6-13-10-4-2-1-3-7(8)10;1-7(11)9-6-12-10-5-3-2-4-8(9)10;2*1-2(3)4;;/h2-5,7H,6H2,1H3;1-4,6H,5H2;1-4,6,11H,5H2;2-6H,1H3;2*1H3,(H,3,4);;/q;;;;;;2*+1/p-2. The van der Waals surface area contributed by atoms with Gasteiger partial charge in [0.05, 0.1) is 5.33 Å². The average molecular weight is 1020 g/mol. The molecule has 0 fully saturated rings. The molecule has 4 aromatic carbocycles. The number of ether oxygens (including phenoxy) is 1. The number of carbonyl (C=O) groups excluding carboxylic acids is 7. The smallest absolute Gasteiger partial charge is 0.550 e. The monoisotopic (exact) mass is 1020 g/mol. The van der Waals surface area contributed by atoms with Crippen LogP contribution in [0.4, 0.5) is 0 Å². The predicted molar refractivity (Wildman–Crippen MR) is 249 cm³/mol. The van der Waals surface area contributed by atoms with Crippen molar-refractivity contribution in [1.82, 2.24) is 0 Å². The van der Waals surface area contributed by atoms with Crippen LogP contribution in [0.25, 0.3) is 40.3 Å². The van der Waals surface area contributed by atoms with Crippen molar-refractivity contribution < 1.29 is 113 Å². The number of hydrogen-bond donors (Lipinski definition) is 1. The number of carbonyl (C=O) groups is 7. The zero-order chi connectivity index (χ0) is 45.8. The number of hydrogen-bond acceptors (Lipinski definition) is 15. The Morgan fingerprint density at radius 3 is 1.08 bits per heavy atom. The number of ketones is 4. The van der Waals surface area contributed by atoms with E-state index in [1.54, 1.807) is 40.4 Å². The van der Waals surface area contributed by atoms with Crippen molar-refractivity contribution in [3.8, 4) is 0 Å². The second kappa shape index (κ2) is 30.5. The molecule has 0 aliphatic carbocycles. The minimum absolute atomic E-state index is 0. The second-order valence-electron chi connectivity index (χ2n) is 12.5. The molecule has 0 saturated carbocycles. The number of rotatable bonds is 8. The molecule has 0 aliphatic heterocycles. The van der Waals surface area contributed by atoms with Crippen molar-refractivity contribution in [3.63, 3.8) is 0 Å². The third-order valence-electron chi connectivity index (χ3n) is 7.88. The fourth-order valence-electron chi connectivity index (χ4n) is 5.23. The number of benzene rings is 4. The number of Topliss-reactive ketones (excluding diaryl/α,β-unsaturated/α-hetero) is 4. The molecule has 4 heterocycles. The number of fused-ring (bicyclic) bond motifs is 4. The molecule has 0 aliphatic rings. The number of esters is 1. The van der Waals surface area contributed by atoms with Crippen LogP contribution in [0.5, 0.6) is 0 Å². The van der Waals surface area contributed by atoms with E-state index in [2.05, 4.69) is 15.9 Å². The molecule has 4 aromatic heterocycles. The molecule has 0 spiro atoms. The van der Waals surface area contributed by atoms with Crippen LogP contribution >= 0.6 is 61.3 Å². The van der Waals surface area contributed by atoms with Crippen molar-refractivity contribution in [2.45, 2.75) is 27.7 Å². The first-order chi connectivity index (χ1) is 29.6. The van der Waals surface area contributed by atoms with Crippen LogP contribution in [0.3, 0.4) is 0 Å². The third-order valence-corrected chi connectivity index (χ3v) is 12.2. The fourth-order valence-corrected chi connectivity index (χ4v) is 9.43. The summed E-state index contributed by atoms with van der Waals surface area (Å²) in [6, 6.07) is 31.3. The Labute approximate surface area is 437 Å². The third kappa shape index (κ3) is 18.6. The summed E-state index contributed by atoms with van der Waals surface area (Å²) in [5.74, 6) is -2.68. The van der Waals surface area contributed by atoms with Gasteiger partial charge in [-0.3, -0.25) is 24.0 Å². The fraction of sp³-hybridized carbons (Fsp3) is 0.152. The van der Waals surface area contributed by atoms with E-state index in [-0.39, 0.29) is 88.9 Å². The predicted octanol–water partition coefficient (Wildman–Crippen LogP) is 2.83. The number of aliphatic carboxylic acids is 2. The van der Waals surface area contributed by atoms with Crippen LogP contribution in [0.2, 0.25) is 0 Å². The Bertz CT molecular complexity index is 2700. The van der Waals surface area contributed by atoms with Gasteiger partial charge in [-0.15, -0.1) is 45.3 Å².